The maximum Gasteiger partial charge on any atom is 0.323 e. The zero-order chi connectivity index (χ0) is 17.9. The van der Waals surface area contributed by atoms with Crippen LogP contribution in [-0.2, 0) is 0 Å². The first kappa shape index (κ1) is 16.3. The summed E-state index contributed by atoms with van der Waals surface area (Å²) in [6, 6.07) is 23.2. The van der Waals surface area contributed by atoms with E-state index in [1.54, 1.807) is 11.3 Å². The SMILES string of the molecule is Cc1ccccc1NC(=O)Nc1ccc(-c2nc3ccccc3s2)cc1. The number of para-hydroxylation sites is 2. The number of urea groups is 1. The van der Waals surface area contributed by atoms with Gasteiger partial charge in [0.2, 0.25) is 0 Å². The number of carbonyl (C=O) groups is 1. The average Bonchev–Trinajstić information content (AvgIpc) is 3.08. The molecule has 0 fully saturated rings. The zero-order valence-corrected chi connectivity index (χ0v) is 15.0. The summed E-state index contributed by atoms with van der Waals surface area (Å²) in [4.78, 5) is 16.8. The van der Waals surface area contributed by atoms with Gasteiger partial charge in [-0.1, -0.05) is 30.3 Å². The predicted molar refractivity (Wildman–Crippen MR) is 109 cm³/mol. The van der Waals surface area contributed by atoms with Crippen LogP contribution in [0.15, 0.2) is 72.8 Å². The van der Waals surface area contributed by atoms with Crippen LogP contribution in [0.25, 0.3) is 20.8 Å². The fourth-order valence-corrected chi connectivity index (χ4v) is 3.66. The Morgan fingerprint density at radius 3 is 2.38 bits per heavy atom. The van der Waals surface area contributed by atoms with E-state index in [1.165, 1.54) is 4.70 Å². The molecule has 2 amide bonds. The highest BCUT2D eigenvalue weighted by Crippen LogP contribution is 2.30. The van der Waals surface area contributed by atoms with Crippen LogP contribution in [0.1, 0.15) is 5.56 Å². The topological polar surface area (TPSA) is 54.0 Å². The average molecular weight is 359 g/mol. The van der Waals surface area contributed by atoms with Crippen molar-refractivity contribution < 1.29 is 4.79 Å². The predicted octanol–water partition coefficient (Wildman–Crippen LogP) is 5.92. The van der Waals surface area contributed by atoms with Crippen molar-refractivity contribution in [1.82, 2.24) is 4.98 Å². The quantitative estimate of drug-likeness (QED) is 0.477. The smallest absolute Gasteiger partial charge is 0.308 e. The lowest BCUT2D eigenvalue weighted by molar-refractivity contribution is 0.262. The number of aryl methyl sites for hydroxylation is 1. The number of nitrogens with one attached hydrogen (secondary N) is 2. The van der Waals surface area contributed by atoms with Crippen molar-refractivity contribution in [2.45, 2.75) is 6.92 Å². The van der Waals surface area contributed by atoms with Crippen molar-refractivity contribution in [2.75, 3.05) is 10.6 Å². The number of thiazole rings is 1. The summed E-state index contributed by atoms with van der Waals surface area (Å²) in [5.74, 6) is 0. The van der Waals surface area contributed by atoms with Gasteiger partial charge in [-0.05, 0) is 55.0 Å². The molecule has 0 spiro atoms. The maximum atomic E-state index is 12.2. The third kappa shape index (κ3) is 3.43. The zero-order valence-electron chi connectivity index (χ0n) is 14.2. The molecule has 0 bridgehead atoms. The summed E-state index contributed by atoms with van der Waals surface area (Å²) in [6.07, 6.45) is 0. The Morgan fingerprint density at radius 2 is 1.62 bits per heavy atom. The summed E-state index contributed by atoms with van der Waals surface area (Å²) in [5.41, 5.74) is 4.61. The summed E-state index contributed by atoms with van der Waals surface area (Å²) >= 11 is 1.66. The largest absolute Gasteiger partial charge is 0.323 e. The molecule has 0 unspecified atom stereocenters. The van der Waals surface area contributed by atoms with Crippen molar-refractivity contribution in [3.8, 4) is 10.6 Å². The van der Waals surface area contributed by atoms with E-state index in [1.807, 2.05) is 73.7 Å². The maximum absolute atomic E-state index is 12.2. The van der Waals surface area contributed by atoms with Gasteiger partial charge < -0.3 is 10.6 Å². The first-order chi connectivity index (χ1) is 12.7. The Hall–Kier alpha value is -3.18. The fourth-order valence-electron chi connectivity index (χ4n) is 2.69. The number of hydrogen-bond acceptors (Lipinski definition) is 3. The Kier molecular flexibility index (Phi) is 4.37. The highest BCUT2D eigenvalue weighted by Gasteiger charge is 2.07. The normalized spacial score (nSPS) is 10.7. The van der Waals surface area contributed by atoms with Gasteiger partial charge >= 0.3 is 6.03 Å². The van der Waals surface area contributed by atoms with Crippen LogP contribution in [0, 0.1) is 6.92 Å². The molecule has 0 radical (unpaired) electrons. The van der Waals surface area contributed by atoms with Gasteiger partial charge in [0.25, 0.3) is 0 Å². The van der Waals surface area contributed by atoms with Gasteiger partial charge in [-0.2, -0.15) is 0 Å². The Bertz CT molecular complexity index is 1040. The second kappa shape index (κ2) is 6.98. The van der Waals surface area contributed by atoms with Crippen molar-refractivity contribution in [2.24, 2.45) is 0 Å². The van der Waals surface area contributed by atoms with Crippen LogP contribution >= 0.6 is 11.3 Å². The third-order valence-corrected chi connectivity index (χ3v) is 5.16. The van der Waals surface area contributed by atoms with Gasteiger partial charge in [0.05, 0.1) is 10.2 Å². The number of benzene rings is 3. The van der Waals surface area contributed by atoms with Crippen molar-refractivity contribution in [1.29, 1.82) is 0 Å². The molecular formula is C21H17N3OS. The number of rotatable bonds is 3. The van der Waals surface area contributed by atoms with Crippen LogP contribution in [-0.4, -0.2) is 11.0 Å². The van der Waals surface area contributed by atoms with E-state index >= 15 is 0 Å². The molecule has 128 valence electrons. The number of nitrogens with zero attached hydrogens (tertiary/aromatic N) is 1. The monoisotopic (exact) mass is 359 g/mol. The lowest BCUT2D eigenvalue weighted by Gasteiger charge is -2.10. The van der Waals surface area contributed by atoms with Gasteiger partial charge in [-0.3, -0.25) is 0 Å². The summed E-state index contributed by atoms with van der Waals surface area (Å²) in [6.45, 7) is 1.96. The van der Waals surface area contributed by atoms with Gasteiger partial charge in [0, 0.05) is 16.9 Å². The lowest BCUT2D eigenvalue weighted by Crippen LogP contribution is -2.19. The van der Waals surface area contributed by atoms with Crippen molar-refractivity contribution >= 4 is 39.0 Å². The number of carbonyl (C=O) groups excluding carboxylic acids is 1. The van der Waals surface area contributed by atoms with Crippen LogP contribution in [0.2, 0.25) is 0 Å². The first-order valence-electron chi connectivity index (χ1n) is 8.29. The molecule has 0 aliphatic carbocycles. The molecule has 4 rings (SSSR count). The van der Waals surface area contributed by atoms with Gasteiger partial charge in [-0.25, -0.2) is 9.78 Å². The van der Waals surface area contributed by atoms with Crippen LogP contribution in [0.3, 0.4) is 0 Å². The van der Waals surface area contributed by atoms with Gasteiger partial charge in [-0.15, -0.1) is 11.3 Å². The molecule has 0 aliphatic rings. The number of fused-ring (bicyclic) bond motifs is 1. The molecule has 1 heterocycles. The minimum absolute atomic E-state index is 0.257. The summed E-state index contributed by atoms with van der Waals surface area (Å²) < 4.78 is 1.17. The van der Waals surface area contributed by atoms with Crippen LogP contribution < -0.4 is 10.6 Å². The molecule has 0 saturated heterocycles. The van der Waals surface area contributed by atoms with Crippen LogP contribution in [0.5, 0.6) is 0 Å². The molecule has 4 nitrogen and oxygen atoms in total. The van der Waals surface area contributed by atoms with E-state index in [4.69, 9.17) is 0 Å². The molecule has 5 heteroatoms. The molecule has 0 atom stereocenters. The Balaban J connectivity index is 1.47. The molecule has 3 aromatic carbocycles. The second-order valence-electron chi connectivity index (χ2n) is 5.96. The lowest BCUT2D eigenvalue weighted by atomic mass is 10.2. The van der Waals surface area contributed by atoms with Gasteiger partial charge in [0.15, 0.2) is 0 Å². The minimum Gasteiger partial charge on any atom is -0.308 e. The highest BCUT2D eigenvalue weighted by molar-refractivity contribution is 7.21. The van der Waals surface area contributed by atoms with Crippen molar-refractivity contribution in [3.05, 3.63) is 78.4 Å². The Morgan fingerprint density at radius 1 is 0.885 bits per heavy atom. The van der Waals surface area contributed by atoms with E-state index in [2.05, 4.69) is 21.7 Å². The number of amides is 2. The minimum atomic E-state index is -0.257. The van der Waals surface area contributed by atoms with Crippen molar-refractivity contribution in [3.63, 3.8) is 0 Å². The first-order valence-corrected chi connectivity index (χ1v) is 9.10. The number of hydrogen-bond donors (Lipinski definition) is 2. The molecule has 4 aromatic rings. The summed E-state index contributed by atoms with van der Waals surface area (Å²) in [7, 11) is 0. The standard InChI is InChI=1S/C21H17N3OS/c1-14-6-2-3-7-17(14)24-21(25)22-16-12-10-15(11-13-16)20-23-18-8-4-5-9-19(18)26-20/h2-13H,1H3,(H2,22,24,25). The Labute approximate surface area is 155 Å². The fraction of sp³-hybridized carbons (Fsp3) is 0.0476. The van der Waals surface area contributed by atoms with E-state index in [9.17, 15) is 4.79 Å². The van der Waals surface area contributed by atoms with E-state index < -0.39 is 0 Å². The third-order valence-electron chi connectivity index (χ3n) is 4.08. The summed E-state index contributed by atoms with van der Waals surface area (Å²) in [5, 5.41) is 6.69. The molecule has 1 aromatic heterocycles. The van der Waals surface area contributed by atoms with E-state index in [0.29, 0.717) is 0 Å². The highest BCUT2D eigenvalue weighted by atomic mass is 32.1. The second-order valence-corrected chi connectivity index (χ2v) is 6.99. The van der Waals surface area contributed by atoms with E-state index in [0.717, 1.165) is 33.0 Å². The number of aromatic nitrogens is 1. The molecule has 0 aliphatic heterocycles. The molecule has 2 N–H and O–H groups in total. The molecular weight excluding hydrogens is 342 g/mol. The molecule has 26 heavy (non-hydrogen) atoms. The van der Waals surface area contributed by atoms with Gasteiger partial charge in [0.1, 0.15) is 5.01 Å². The molecule has 0 saturated carbocycles. The van der Waals surface area contributed by atoms with Crippen LogP contribution in [0.4, 0.5) is 16.2 Å². The number of anilines is 2. The van der Waals surface area contributed by atoms with E-state index in [-0.39, 0.29) is 6.03 Å².